The third-order valence-electron chi connectivity index (χ3n) is 4.73. The molecule has 3 rings (SSSR count). The van der Waals surface area contributed by atoms with Crippen LogP contribution in [0, 0.1) is 16.1 Å². The number of fused-ring (bicyclic) bond motifs is 3. The van der Waals surface area contributed by atoms with Gasteiger partial charge in [0.2, 0.25) is 0 Å². The zero-order valence-corrected chi connectivity index (χ0v) is 15.0. The van der Waals surface area contributed by atoms with Crippen LogP contribution in [0.15, 0.2) is 17.4 Å². The number of aryl methyl sites for hydroxylation is 1. The maximum absolute atomic E-state index is 12.8. The van der Waals surface area contributed by atoms with Crippen molar-refractivity contribution < 1.29 is 0 Å². The minimum absolute atomic E-state index is 0.0327. The van der Waals surface area contributed by atoms with Gasteiger partial charge in [-0.15, -0.1) is 17.9 Å². The fourth-order valence-electron chi connectivity index (χ4n) is 3.33. The van der Waals surface area contributed by atoms with Crippen LogP contribution < -0.4 is 5.56 Å². The molecule has 0 saturated heterocycles. The van der Waals surface area contributed by atoms with Crippen LogP contribution >= 0.6 is 23.6 Å². The van der Waals surface area contributed by atoms with Crippen LogP contribution in [0.3, 0.4) is 0 Å². The van der Waals surface area contributed by atoms with Gasteiger partial charge in [-0.3, -0.25) is 9.36 Å². The van der Waals surface area contributed by atoms with Crippen molar-refractivity contribution >= 4 is 33.8 Å². The summed E-state index contributed by atoms with van der Waals surface area (Å²) in [7, 11) is 0. The van der Waals surface area contributed by atoms with Gasteiger partial charge in [-0.05, 0) is 48.4 Å². The summed E-state index contributed by atoms with van der Waals surface area (Å²) in [6, 6.07) is 0. The van der Waals surface area contributed by atoms with E-state index in [1.165, 1.54) is 10.4 Å². The van der Waals surface area contributed by atoms with Gasteiger partial charge in [0.05, 0.1) is 5.39 Å². The number of hydrogen-bond acceptors (Lipinski definition) is 3. The molecule has 0 radical (unpaired) electrons. The minimum Gasteiger partial charge on any atom is -0.323 e. The van der Waals surface area contributed by atoms with Crippen LogP contribution in [0.4, 0.5) is 0 Å². The van der Waals surface area contributed by atoms with Gasteiger partial charge in [0.25, 0.3) is 5.56 Å². The van der Waals surface area contributed by atoms with E-state index in [-0.39, 0.29) is 5.56 Å². The molecule has 0 saturated carbocycles. The Morgan fingerprint density at radius 3 is 2.86 bits per heavy atom. The number of nitrogens with one attached hydrogen (secondary N) is 1. The highest BCUT2D eigenvalue weighted by Crippen LogP contribution is 2.41. The normalized spacial score (nSPS) is 18.4. The molecule has 5 heteroatoms. The predicted molar refractivity (Wildman–Crippen MR) is 96.4 cm³/mol. The van der Waals surface area contributed by atoms with E-state index in [2.05, 4.69) is 32.3 Å². The number of thiophene rings is 1. The first-order valence-electron chi connectivity index (χ1n) is 7.71. The van der Waals surface area contributed by atoms with Gasteiger partial charge < -0.3 is 4.98 Å². The number of aromatic amines is 1. The van der Waals surface area contributed by atoms with Crippen molar-refractivity contribution in [1.82, 2.24) is 9.55 Å². The second-order valence-corrected chi connectivity index (χ2v) is 8.64. The molecule has 0 aliphatic heterocycles. The van der Waals surface area contributed by atoms with E-state index in [9.17, 15) is 4.79 Å². The number of rotatable bonds is 2. The fourth-order valence-corrected chi connectivity index (χ4v) is 4.97. The largest absolute Gasteiger partial charge is 0.323 e. The number of H-pyrrole nitrogens is 1. The predicted octanol–water partition coefficient (Wildman–Crippen LogP) is 4.46. The zero-order valence-electron chi connectivity index (χ0n) is 13.4. The molecule has 3 nitrogen and oxygen atoms in total. The lowest BCUT2D eigenvalue weighted by Gasteiger charge is -2.33. The van der Waals surface area contributed by atoms with Gasteiger partial charge in [0, 0.05) is 11.4 Å². The van der Waals surface area contributed by atoms with Gasteiger partial charge >= 0.3 is 0 Å². The Labute approximate surface area is 139 Å². The van der Waals surface area contributed by atoms with E-state index in [4.69, 9.17) is 12.2 Å². The van der Waals surface area contributed by atoms with Crippen molar-refractivity contribution in [2.24, 2.45) is 11.3 Å². The first kappa shape index (κ1) is 15.7. The molecule has 1 N–H and O–H groups in total. The summed E-state index contributed by atoms with van der Waals surface area (Å²) in [5.41, 5.74) is 1.59. The minimum atomic E-state index is 0.0327. The molecule has 0 fully saturated rings. The summed E-state index contributed by atoms with van der Waals surface area (Å²) >= 11 is 7.04. The van der Waals surface area contributed by atoms with E-state index >= 15 is 0 Å². The molecule has 1 atom stereocenters. The SMILES string of the molecule is C=CCn1c(=S)[nH]c2sc3c(c2c1=O)CC[C@H](C(C)(C)C)C3. The standard InChI is InChI=1S/C17H22N2OS2/c1-5-8-19-15(20)13-11-7-6-10(17(2,3)4)9-12(11)22-14(13)18-16(19)21/h5,10H,1,6-9H2,2-4H3,(H,18,21)/t10-/m0/s1. The van der Waals surface area contributed by atoms with E-state index in [0.29, 0.717) is 22.6 Å². The molecule has 2 aromatic heterocycles. The van der Waals surface area contributed by atoms with Crippen molar-refractivity contribution in [1.29, 1.82) is 0 Å². The summed E-state index contributed by atoms with van der Waals surface area (Å²) in [5.74, 6) is 0.673. The Morgan fingerprint density at radius 1 is 1.50 bits per heavy atom. The molecule has 0 unspecified atom stereocenters. The first-order valence-corrected chi connectivity index (χ1v) is 8.93. The molecule has 0 bridgehead atoms. The van der Waals surface area contributed by atoms with Gasteiger partial charge in [-0.2, -0.15) is 0 Å². The molecule has 1 aliphatic carbocycles. The quantitative estimate of drug-likeness (QED) is 0.650. The third-order valence-corrected chi connectivity index (χ3v) is 6.22. The average Bonchev–Trinajstić information content (AvgIpc) is 2.79. The van der Waals surface area contributed by atoms with E-state index in [1.807, 2.05) is 0 Å². The van der Waals surface area contributed by atoms with Crippen LogP contribution in [0.25, 0.3) is 10.2 Å². The Bertz CT molecular complexity index is 848. The van der Waals surface area contributed by atoms with Gasteiger partial charge in [0.1, 0.15) is 4.83 Å². The topological polar surface area (TPSA) is 37.8 Å². The van der Waals surface area contributed by atoms with Crippen molar-refractivity contribution in [3.05, 3.63) is 38.2 Å². The number of nitrogens with zero attached hydrogens (tertiary/aromatic N) is 1. The lowest BCUT2D eigenvalue weighted by Crippen LogP contribution is -2.27. The smallest absolute Gasteiger partial charge is 0.263 e. The van der Waals surface area contributed by atoms with E-state index in [0.717, 1.165) is 29.5 Å². The highest BCUT2D eigenvalue weighted by atomic mass is 32.1. The molecule has 0 amide bonds. The lowest BCUT2D eigenvalue weighted by molar-refractivity contribution is 0.218. The molecule has 2 aromatic rings. The van der Waals surface area contributed by atoms with Gasteiger partial charge in [-0.25, -0.2) is 0 Å². The average molecular weight is 335 g/mol. The van der Waals surface area contributed by atoms with E-state index < -0.39 is 0 Å². The molecular formula is C17H22N2OS2. The van der Waals surface area contributed by atoms with Gasteiger partial charge in [0.15, 0.2) is 4.77 Å². The molecule has 118 valence electrons. The van der Waals surface area contributed by atoms with Crippen LogP contribution in [0.1, 0.15) is 37.6 Å². The second kappa shape index (κ2) is 5.46. The van der Waals surface area contributed by atoms with Crippen LogP contribution in [-0.2, 0) is 19.4 Å². The maximum atomic E-state index is 12.8. The monoisotopic (exact) mass is 334 g/mol. The Hall–Kier alpha value is -1.20. The summed E-state index contributed by atoms with van der Waals surface area (Å²) in [4.78, 5) is 18.3. The Balaban J connectivity index is 2.18. The molecule has 2 heterocycles. The summed E-state index contributed by atoms with van der Waals surface area (Å²) < 4.78 is 2.09. The van der Waals surface area contributed by atoms with E-state index in [1.54, 1.807) is 22.0 Å². The van der Waals surface area contributed by atoms with Crippen molar-refractivity contribution in [3.63, 3.8) is 0 Å². The highest BCUT2D eigenvalue weighted by molar-refractivity contribution is 7.71. The number of hydrogen-bond donors (Lipinski definition) is 1. The molecule has 1 aliphatic rings. The fraction of sp³-hybridized carbons (Fsp3) is 0.529. The van der Waals surface area contributed by atoms with Crippen molar-refractivity contribution in [3.8, 4) is 0 Å². The second-order valence-electron chi connectivity index (χ2n) is 7.15. The summed E-state index contributed by atoms with van der Waals surface area (Å²) in [6.07, 6.45) is 4.93. The number of allylic oxidation sites excluding steroid dienone is 1. The lowest BCUT2D eigenvalue weighted by atomic mass is 9.72. The van der Waals surface area contributed by atoms with Crippen LogP contribution in [0.2, 0.25) is 0 Å². The maximum Gasteiger partial charge on any atom is 0.263 e. The molecular weight excluding hydrogens is 312 g/mol. The highest BCUT2D eigenvalue weighted by Gasteiger charge is 2.31. The van der Waals surface area contributed by atoms with Gasteiger partial charge in [-0.1, -0.05) is 26.8 Å². The van der Waals surface area contributed by atoms with Crippen LogP contribution in [-0.4, -0.2) is 9.55 Å². The third kappa shape index (κ3) is 2.50. The Morgan fingerprint density at radius 2 is 2.23 bits per heavy atom. The molecule has 0 aromatic carbocycles. The summed E-state index contributed by atoms with van der Waals surface area (Å²) in [5, 5.41) is 0.850. The van der Waals surface area contributed by atoms with Crippen molar-refractivity contribution in [2.75, 3.05) is 0 Å². The molecule has 22 heavy (non-hydrogen) atoms. The summed E-state index contributed by atoms with van der Waals surface area (Å²) in [6.45, 7) is 11.1. The molecule has 0 spiro atoms. The zero-order chi connectivity index (χ0) is 16.1. The Kier molecular flexibility index (Phi) is 3.89. The van der Waals surface area contributed by atoms with Crippen LogP contribution in [0.5, 0.6) is 0 Å². The first-order chi connectivity index (χ1) is 10.3. The number of aromatic nitrogens is 2. The van der Waals surface area contributed by atoms with Crippen molar-refractivity contribution in [2.45, 2.75) is 46.6 Å².